The van der Waals surface area contributed by atoms with Gasteiger partial charge in [0.1, 0.15) is 0 Å². The van der Waals surface area contributed by atoms with E-state index in [1.807, 2.05) is 0 Å². The molecule has 2 aromatic carbocycles. The van der Waals surface area contributed by atoms with Crippen molar-refractivity contribution < 1.29 is 18.0 Å². The van der Waals surface area contributed by atoms with Gasteiger partial charge in [0.2, 0.25) is 5.91 Å². The molecule has 34 heavy (non-hydrogen) atoms. The van der Waals surface area contributed by atoms with Crippen LogP contribution < -0.4 is 21.3 Å². The number of nitrogens with zero attached hydrogens (tertiary/aromatic N) is 1. The minimum absolute atomic E-state index is 0.159. The van der Waals surface area contributed by atoms with Crippen molar-refractivity contribution in [3.8, 4) is 0 Å². The molecule has 2 aliphatic heterocycles. The first kappa shape index (κ1) is 24.9. The Kier molecular flexibility index (Phi) is 7.74. The molecule has 0 radical (unpaired) electrons. The Morgan fingerprint density at radius 3 is 2.76 bits per heavy atom. The summed E-state index contributed by atoms with van der Waals surface area (Å²) in [5.74, 6) is 0.306. The Bertz CT molecular complexity index is 1040. The smallest absolute Gasteiger partial charge is 0.371 e. The number of benzene rings is 2. The van der Waals surface area contributed by atoms with Crippen LogP contribution in [0.2, 0.25) is 0 Å². The van der Waals surface area contributed by atoms with Crippen LogP contribution in [0.4, 0.5) is 24.5 Å². The number of halogens is 3. The van der Waals surface area contributed by atoms with Crippen molar-refractivity contribution >= 4 is 29.0 Å². The number of hydrogen-bond acceptors (Lipinski definition) is 5. The van der Waals surface area contributed by atoms with Crippen molar-refractivity contribution in [3.05, 3.63) is 47.0 Å². The molecule has 4 rings (SSSR count). The third-order valence-electron chi connectivity index (χ3n) is 6.32. The van der Waals surface area contributed by atoms with Gasteiger partial charge in [-0.15, -0.1) is 0 Å². The van der Waals surface area contributed by atoms with Crippen LogP contribution in [0.25, 0.3) is 0 Å². The highest BCUT2D eigenvalue weighted by molar-refractivity contribution is 7.99. The molecule has 2 aromatic rings. The van der Waals surface area contributed by atoms with Gasteiger partial charge in [0.25, 0.3) is 0 Å². The summed E-state index contributed by atoms with van der Waals surface area (Å²) in [6.07, 6.45) is -1.49. The molecule has 1 saturated heterocycles. The maximum atomic E-state index is 13.7. The van der Waals surface area contributed by atoms with Gasteiger partial charge in [0, 0.05) is 66.7 Å². The summed E-state index contributed by atoms with van der Waals surface area (Å²) in [5.41, 5.74) is 7.82. The van der Waals surface area contributed by atoms with Crippen molar-refractivity contribution in [2.45, 2.75) is 48.6 Å². The quantitative estimate of drug-likeness (QED) is 0.411. The van der Waals surface area contributed by atoms with E-state index >= 15 is 0 Å². The molecule has 0 aliphatic carbocycles. The summed E-state index contributed by atoms with van der Waals surface area (Å²) in [4.78, 5) is 16.3. The molecule has 4 N–H and O–H groups in total. The number of carbonyl (C=O) groups excluding carboxylic acids is 1. The lowest BCUT2D eigenvalue weighted by molar-refractivity contribution is -0.137. The van der Waals surface area contributed by atoms with Gasteiger partial charge in [-0.2, -0.15) is 13.2 Å². The van der Waals surface area contributed by atoms with Crippen molar-refractivity contribution in [1.29, 1.82) is 0 Å². The van der Waals surface area contributed by atoms with Crippen LogP contribution in [0.1, 0.15) is 42.9 Å². The molecule has 1 fully saturated rings. The van der Waals surface area contributed by atoms with Crippen molar-refractivity contribution in [2.75, 3.05) is 42.9 Å². The fourth-order valence-corrected chi connectivity index (χ4v) is 5.73. The number of alkyl halides is 3. The van der Waals surface area contributed by atoms with Crippen LogP contribution in [0.3, 0.4) is 0 Å². The second-order valence-electron chi connectivity index (χ2n) is 9.10. The minimum Gasteiger partial charge on any atom is -0.371 e. The molecule has 2 aliphatic rings. The average Bonchev–Trinajstić information content (AvgIpc) is 2.79. The number of hydrogen-bond donors (Lipinski definition) is 3. The maximum absolute atomic E-state index is 13.7. The lowest BCUT2D eigenvalue weighted by Gasteiger charge is -2.33. The Balaban J connectivity index is 1.59. The number of piperidine rings is 1. The SMILES string of the molecule is CC1CCCN(c2ccc3c(c2)Sc2cc(C(F)(F)F)cc(NC(=O)CCNCCN)c2C3)C1. The molecular formula is C25H31F3N4OS. The predicted octanol–water partition coefficient (Wildman–Crippen LogP) is 4.87. The van der Waals surface area contributed by atoms with E-state index in [1.165, 1.54) is 24.2 Å². The summed E-state index contributed by atoms with van der Waals surface area (Å²) < 4.78 is 41.0. The second-order valence-corrected chi connectivity index (χ2v) is 10.2. The zero-order chi connectivity index (χ0) is 24.3. The number of anilines is 2. The number of carbonyl (C=O) groups is 1. The van der Waals surface area contributed by atoms with Gasteiger partial charge >= 0.3 is 6.18 Å². The van der Waals surface area contributed by atoms with Crippen LogP contribution in [-0.2, 0) is 17.4 Å². The molecular weight excluding hydrogens is 461 g/mol. The molecule has 2 heterocycles. The second kappa shape index (κ2) is 10.6. The van der Waals surface area contributed by atoms with E-state index in [4.69, 9.17) is 5.73 Å². The molecule has 1 unspecified atom stereocenters. The van der Waals surface area contributed by atoms with Gasteiger partial charge in [0.05, 0.1) is 5.56 Å². The first-order chi connectivity index (χ1) is 16.2. The van der Waals surface area contributed by atoms with E-state index < -0.39 is 11.7 Å². The molecule has 5 nitrogen and oxygen atoms in total. The fraction of sp³-hybridized carbons (Fsp3) is 0.480. The third kappa shape index (κ3) is 5.87. The van der Waals surface area contributed by atoms with Crippen molar-refractivity contribution in [2.24, 2.45) is 11.7 Å². The van der Waals surface area contributed by atoms with Crippen LogP contribution in [0.5, 0.6) is 0 Å². The Morgan fingerprint density at radius 2 is 2.03 bits per heavy atom. The Labute approximate surface area is 202 Å². The lowest BCUT2D eigenvalue weighted by atomic mass is 9.98. The van der Waals surface area contributed by atoms with Gasteiger partial charge in [0.15, 0.2) is 0 Å². The molecule has 1 atom stereocenters. The highest BCUT2D eigenvalue weighted by Gasteiger charge is 2.34. The zero-order valence-corrected chi connectivity index (χ0v) is 20.1. The zero-order valence-electron chi connectivity index (χ0n) is 19.3. The molecule has 1 amide bonds. The van der Waals surface area contributed by atoms with Crippen molar-refractivity contribution in [3.63, 3.8) is 0 Å². The van der Waals surface area contributed by atoms with Gasteiger partial charge in [-0.1, -0.05) is 24.8 Å². The molecule has 0 saturated carbocycles. The summed E-state index contributed by atoms with van der Waals surface area (Å²) in [6.45, 7) is 5.70. The van der Waals surface area contributed by atoms with Crippen molar-refractivity contribution in [1.82, 2.24) is 5.32 Å². The first-order valence-electron chi connectivity index (χ1n) is 11.7. The molecule has 0 aromatic heterocycles. The number of nitrogens with one attached hydrogen (secondary N) is 2. The van der Waals surface area contributed by atoms with Crippen LogP contribution in [-0.4, -0.2) is 38.6 Å². The maximum Gasteiger partial charge on any atom is 0.416 e. The highest BCUT2D eigenvalue weighted by atomic mass is 32.2. The standard InChI is InChI=1S/C25H31F3N4OS/c1-16-3-2-10-32(15-16)19-5-4-17-11-20-21(31-24(33)6-8-30-9-7-29)12-18(25(26,27)28)13-23(20)34-22(17)14-19/h4-5,12-14,16,30H,2-3,6-11,15,29H2,1H3,(H,31,33). The van der Waals surface area contributed by atoms with Gasteiger partial charge in [-0.25, -0.2) is 0 Å². The average molecular weight is 493 g/mol. The fourth-order valence-electron chi connectivity index (χ4n) is 4.55. The van der Waals surface area contributed by atoms with E-state index in [2.05, 4.69) is 40.7 Å². The molecule has 184 valence electrons. The predicted molar refractivity (Wildman–Crippen MR) is 131 cm³/mol. The highest BCUT2D eigenvalue weighted by Crippen LogP contribution is 2.46. The van der Waals surface area contributed by atoms with E-state index in [0.29, 0.717) is 36.9 Å². The van der Waals surface area contributed by atoms with Gasteiger partial charge < -0.3 is 21.3 Å². The molecule has 9 heteroatoms. The number of amides is 1. The summed E-state index contributed by atoms with van der Waals surface area (Å²) in [5, 5.41) is 5.75. The van der Waals surface area contributed by atoms with E-state index in [-0.39, 0.29) is 18.0 Å². The Morgan fingerprint density at radius 1 is 1.21 bits per heavy atom. The van der Waals surface area contributed by atoms with E-state index in [0.717, 1.165) is 47.3 Å². The number of rotatable bonds is 7. The molecule has 0 bridgehead atoms. The lowest BCUT2D eigenvalue weighted by Crippen LogP contribution is -2.34. The van der Waals surface area contributed by atoms with Crippen LogP contribution >= 0.6 is 11.8 Å². The topological polar surface area (TPSA) is 70.4 Å². The largest absolute Gasteiger partial charge is 0.416 e. The van der Waals surface area contributed by atoms with E-state index in [1.54, 1.807) is 0 Å². The van der Waals surface area contributed by atoms with Gasteiger partial charge in [-0.05, 0) is 54.2 Å². The third-order valence-corrected chi connectivity index (χ3v) is 7.50. The Hall–Kier alpha value is -2.23. The normalized spacial score (nSPS) is 17.8. The number of fused-ring (bicyclic) bond motifs is 2. The van der Waals surface area contributed by atoms with Crippen LogP contribution in [0.15, 0.2) is 40.1 Å². The summed E-state index contributed by atoms with van der Waals surface area (Å²) in [7, 11) is 0. The van der Waals surface area contributed by atoms with Gasteiger partial charge in [-0.3, -0.25) is 4.79 Å². The number of nitrogens with two attached hydrogens (primary N) is 1. The molecule has 0 spiro atoms. The first-order valence-corrected chi connectivity index (χ1v) is 12.6. The van der Waals surface area contributed by atoms with Crippen LogP contribution in [0, 0.1) is 5.92 Å². The summed E-state index contributed by atoms with van der Waals surface area (Å²) in [6, 6.07) is 8.53. The monoisotopic (exact) mass is 492 g/mol. The van der Waals surface area contributed by atoms with E-state index in [9.17, 15) is 18.0 Å². The summed E-state index contributed by atoms with van der Waals surface area (Å²) >= 11 is 1.35. The minimum atomic E-state index is -4.50.